The van der Waals surface area contributed by atoms with E-state index < -0.39 is 9.84 Å². The lowest BCUT2D eigenvalue weighted by Gasteiger charge is -2.12. The van der Waals surface area contributed by atoms with Crippen LogP contribution in [0.2, 0.25) is 0 Å². The summed E-state index contributed by atoms with van der Waals surface area (Å²) in [6, 6.07) is 5.09. The number of rotatable bonds is 4. The number of amides is 1. The van der Waals surface area contributed by atoms with E-state index in [-0.39, 0.29) is 30.0 Å². The highest BCUT2D eigenvalue weighted by atomic mass is 35.5. The number of hydrogen-bond donors (Lipinski definition) is 2. The average Bonchev–Trinajstić information content (AvgIpc) is 2.66. The van der Waals surface area contributed by atoms with Gasteiger partial charge in [0.25, 0.3) is 0 Å². The van der Waals surface area contributed by atoms with E-state index >= 15 is 0 Å². The van der Waals surface area contributed by atoms with Crippen LogP contribution in [0.3, 0.4) is 0 Å². The van der Waals surface area contributed by atoms with Gasteiger partial charge in [0.2, 0.25) is 5.91 Å². The Balaban J connectivity index is 0.00000200. The van der Waals surface area contributed by atoms with Gasteiger partial charge in [0.15, 0.2) is 9.84 Å². The molecule has 0 saturated heterocycles. The first kappa shape index (κ1) is 16.9. The lowest BCUT2D eigenvalue weighted by atomic mass is 10.1. The maximum Gasteiger partial charge on any atom is 0.228 e. The van der Waals surface area contributed by atoms with E-state index in [2.05, 4.69) is 10.6 Å². The van der Waals surface area contributed by atoms with Crippen LogP contribution in [-0.4, -0.2) is 33.7 Å². The van der Waals surface area contributed by atoms with Crippen molar-refractivity contribution in [3.05, 3.63) is 23.8 Å². The van der Waals surface area contributed by atoms with Crippen molar-refractivity contribution in [2.24, 2.45) is 5.92 Å². The van der Waals surface area contributed by atoms with Gasteiger partial charge in [-0.25, -0.2) is 8.42 Å². The van der Waals surface area contributed by atoms with Gasteiger partial charge in [-0.15, -0.1) is 12.4 Å². The Morgan fingerprint density at radius 2 is 2.10 bits per heavy atom. The minimum Gasteiger partial charge on any atom is -0.326 e. The number of fused-ring (bicyclic) bond motifs is 1. The minimum absolute atomic E-state index is 0. The molecule has 1 amide bonds. The second-order valence-electron chi connectivity index (χ2n) is 4.84. The van der Waals surface area contributed by atoms with Crippen LogP contribution in [0.5, 0.6) is 0 Å². The molecule has 2 rings (SSSR count). The van der Waals surface area contributed by atoms with Crippen LogP contribution in [0.4, 0.5) is 5.69 Å². The highest BCUT2D eigenvalue weighted by Crippen LogP contribution is 2.28. The molecular formula is C13H19ClN2O3S. The van der Waals surface area contributed by atoms with E-state index in [4.69, 9.17) is 0 Å². The molecule has 20 heavy (non-hydrogen) atoms. The van der Waals surface area contributed by atoms with Gasteiger partial charge in [-0.1, -0.05) is 13.0 Å². The minimum atomic E-state index is -3.16. The van der Waals surface area contributed by atoms with Crippen LogP contribution in [0.1, 0.15) is 12.5 Å². The molecule has 2 N–H and O–H groups in total. The second-order valence-corrected chi connectivity index (χ2v) is 6.92. The van der Waals surface area contributed by atoms with Gasteiger partial charge in [-0.3, -0.25) is 4.79 Å². The Hall–Kier alpha value is -1.11. The smallest absolute Gasteiger partial charge is 0.228 e. The SMILES string of the molecule is CNCC(C)C(=O)Nc1ccc2c(c1)S(=O)(=O)CC2.Cl. The van der Waals surface area contributed by atoms with Crippen molar-refractivity contribution in [1.82, 2.24) is 5.32 Å². The van der Waals surface area contributed by atoms with Crippen molar-refractivity contribution in [2.75, 3.05) is 24.7 Å². The number of aryl methyl sites for hydroxylation is 1. The number of anilines is 1. The zero-order valence-corrected chi connectivity index (χ0v) is 13.1. The maximum atomic E-state index is 11.9. The first-order chi connectivity index (χ1) is 8.94. The quantitative estimate of drug-likeness (QED) is 0.875. The Labute approximate surface area is 125 Å². The predicted molar refractivity (Wildman–Crippen MR) is 81.2 cm³/mol. The molecule has 112 valence electrons. The Morgan fingerprint density at radius 1 is 1.40 bits per heavy atom. The van der Waals surface area contributed by atoms with E-state index in [0.29, 0.717) is 23.5 Å². The van der Waals surface area contributed by atoms with Gasteiger partial charge >= 0.3 is 0 Å². The summed E-state index contributed by atoms with van der Waals surface area (Å²) in [5.41, 5.74) is 1.37. The summed E-state index contributed by atoms with van der Waals surface area (Å²) >= 11 is 0. The lowest BCUT2D eigenvalue weighted by molar-refractivity contribution is -0.119. The molecule has 0 spiro atoms. The fourth-order valence-electron chi connectivity index (χ4n) is 2.15. The molecule has 0 radical (unpaired) electrons. The largest absolute Gasteiger partial charge is 0.326 e. The van der Waals surface area contributed by atoms with Gasteiger partial charge in [0, 0.05) is 18.2 Å². The van der Waals surface area contributed by atoms with E-state index in [0.717, 1.165) is 5.56 Å². The molecule has 7 heteroatoms. The fraction of sp³-hybridized carbons (Fsp3) is 0.462. The molecule has 1 aromatic carbocycles. The van der Waals surface area contributed by atoms with Crippen molar-refractivity contribution in [3.8, 4) is 0 Å². The monoisotopic (exact) mass is 318 g/mol. The Morgan fingerprint density at radius 3 is 2.75 bits per heavy atom. The van der Waals surface area contributed by atoms with Gasteiger partial charge in [-0.2, -0.15) is 0 Å². The van der Waals surface area contributed by atoms with Crippen molar-refractivity contribution in [1.29, 1.82) is 0 Å². The van der Waals surface area contributed by atoms with Crippen LogP contribution >= 0.6 is 12.4 Å². The van der Waals surface area contributed by atoms with Crippen molar-refractivity contribution in [3.63, 3.8) is 0 Å². The van der Waals surface area contributed by atoms with Crippen LogP contribution in [0.25, 0.3) is 0 Å². The number of halogens is 1. The van der Waals surface area contributed by atoms with Gasteiger partial charge in [0.1, 0.15) is 0 Å². The van der Waals surface area contributed by atoms with E-state index in [1.807, 2.05) is 6.92 Å². The number of benzene rings is 1. The molecule has 0 bridgehead atoms. The molecule has 1 heterocycles. The Bertz CT molecular complexity index is 602. The summed E-state index contributed by atoms with van der Waals surface area (Å²) in [6.45, 7) is 2.39. The molecular weight excluding hydrogens is 300 g/mol. The van der Waals surface area contributed by atoms with Crippen LogP contribution in [0.15, 0.2) is 23.1 Å². The summed E-state index contributed by atoms with van der Waals surface area (Å²) in [7, 11) is -1.37. The predicted octanol–water partition coefficient (Wildman–Crippen LogP) is 1.23. The van der Waals surface area contributed by atoms with Crippen molar-refractivity contribution < 1.29 is 13.2 Å². The third kappa shape index (κ3) is 3.50. The fourth-order valence-corrected chi connectivity index (χ4v) is 3.73. The van der Waals surface area contributed by atoms with Crippen LogP contribution in [0, 0.1) is 5.92 Å². The van der Waals surface area contributed by atoms with Gasteiger partial charge < -0.3 is 10.6 Å². The molecule has 0 aromatic heterocycles. The number of hydrogen-bond acceptors (Lipinski definition) is 4. The number of sulfone groups is 1. The zero-order chi connectivity index (χ0) is 14.0. The van der Waals surface area contributed by atoms with E-state index in [1.165, 1.54) is 0 Å². The molecule has 1 aliphatic rings. The normalized spacial score (nSPS) is 16.9. The molecule has 1 unspecified atom stereocenters. The molecule has 0 fully saturated rings. The lowest BCUT2D eigenvalue weighted by Crippen LogP contribution is -2.28. The van der Waals surface area contributed by atoms with Crippen LogP contribution in [-0.2, 0) is 21.1 Å². The highest BCUT2D eigenvalue weighted by Gasteiger charge is 2.26. The molecule has 1 aliphatic heterocycles. The topological polar surface area (TPSA) is 75.3 Å². The highest BCUT2D eigenvalue weighted by molar-refractivity contribution is 7.91. The summed E-state index contributed by atoms with van der Waals surface area (Å²) in [6.07, 6.45) is 0.558. The van der Waals surface area contributed by atoms with Gasteiger partial charge in [-0.05, 0) is 31.2 Å². The summed E-state index contributed by atoms with van der Waals surface area (Å²) in [5, 5.41) is 5.68. The van der Waals surface area contributed by atoms with Crippen LogP contribution < -0.4 is 10.6 Å². The molecule has 0 saturated carbocycles. The van der Waals surface area contributed by atoms with E-state index in [9.17, 15) is 13.2 Å². The summed E-state index contributed by atoms with van der Waals surface area (Å²) < 4.78 is 23.6. The molecule has 1 aromatic rings. The maximum absolute atomic E-state index is 11.9. The van der Waals surface area contributed by atoms with Crippen molar-refractivity contribution >= 4 is 33.8 Å². The molecule has 0 aliphatic carbocycles. The third-order valence-corrected chi connectivity index (χ3v) is 5.06. The summed E-state index contributed by atoms with van der Waals surface area (Å²) in [4.78, 5) is 12.2. The first-order valence-corrected chi connectivity index (χ1v) is 7.90. The number of carbonyl (C=O) groups excluding carboxylic acids is 1. The first-order valence-electron chi connectivity index (χ1n) is 6.25. The standard InChI is InChI=1S/C13H18N2O3S.ClH/c1-9(8-14-2)13(16)15-11-4-3-10-5-6-19(17,18)12(10)7-11;/h3-4,7,9,14H,5-6,8H2,1-2H3,(H,15,16);1H. The van der Waals surface area contributed by atoms with Crippen molar-refractivity contribution in [2.45, 2.75) is 18.2 Å². The van der Waals surface area contributed by atoms with Gasteiger partial charge in [0.05, 0.1) is 10.6 Å². The Kier molecular flexibility index (Phi) is 5.56. The molecule has 5 nitrogen and oxygen atoms in total. The number of carbonyl (C=O) groups is 1. The molecule has 1 atom stereocenters. The summed E-state index contributed by atoms with van der Waals surface area (Å²) in [5.74, 6) is -0.129. The average molecular weight is 319 g/mol. The third-order valence-electron chi connectivity index (χ3n) is 3.27. The zero-order valence-electron chi connectivity index (χ0n) is 11.5. The second kappa shape index (κ2) is 6.56. The van der Waals surface area contributed by atoms with E-state index in [1.54, 1.807) is 25.2 Å². The number of nitrogens with one attached hydrogen (secondary N) is 2.